The molecule has 1 saturated heterocycles. The number of rotatable bonds is 3. The highest BCUT2D eigenvalue weighted by molar-refractivity contribution is 5.55. The molecule has 2 rings (SSSR count). The van der Waals surface area contributed by atoms with Crippen LogP contribution in [0.15, 0.2) is 18.2 Å². The van der Waals surface area contributed by atoms with Gasteiger partial charge in [0.25, 0.3) is 0 Å². The smallest absolute Gasteiger partial charge is 0.0396 e. The summed E-state index contributed by atoms with van der Waals surface area (Å²) in [5.74, 6) is 2.39. The number of aryl methyl sites for hydroxylation is 1. The Labute approximate surface area is 119 Å². The first-order valence-electron chi connectivity index (χ1n) is 7.84. The van der Waals surface area contributed by atoms with Gasteiger partial charge in [-0.05, 0) is 54.7 Å². The van der Waals surface area contributed by atoms with Gasteiger partial charge in [0, 0.05) is 18.8 Å². The average molecular weight is 259 g/mol. The summed E-state index contributed by atoms with van der Waals surface area (Å²) < 4.78 is 0. The number of anilines is 1. The molecule has 0 spiro atoms. The van der Waals surface area contributed by atoms with Crippen molar-refractivity contribution in [2.24, 2.45) is 11.8 Å². The normalized spacial score (nSPS) is 17.5. The van der Waals surface area contributed by atoms with Gasteiger partial charge in [-0.2, -0.15) is 0 Å². The number of nitrogens with zero attached hydrogens (tertiary/aromatic N) is 1. The second-order valence-corrected chi connectivity index (χ2v) is 6.77. The van der Waals surface area contributed by atoms with E-state index in [0.29, 0.717) is 5.92 Å². The molecule has 0 atom stereocenters. The van der Waals surface area contributed by atoms with Gasteiger partial charge in [-0.3, -0.25) is 0 Å². The summed E-state index contributed by atoms with van der Waals surface area (Å²) in [4.78, 5) is 2.58. The maximum absolute atomic E-state index is 2.58. The minimum Gasteiger partial charge on any atom is -0.371 e. The summed E-state index contributed by atoms with van der Waals surface area (Å²) >= 11 is 0. The van der Waals surface area contributed by atoms with Gasteiger partial charge in [0.2, 0.25) is 0 Å². The maximum atomic E-state index is 2.58. The molecule has 1 aliphatic rings. The van der Waals surface area contributed by atoms with Gasteiger partial charge >= 0.3 is 0 Å². The largest absolute Gasteiger partial charge is 0.371 e. The fourth-order valence-corrected chi connectivity index (χ4v) is 3.20. The fourth-order valence-electron chi connectivity index (χ4n) is 3.20. The first-order valence-corrected chi connectivity index (χ1v) is 7.84. The van der Waals surface area contributed by atoms with E-state index >= 15 is 0 Å². The first-order chi connectivity index (χ1) is 8.99. The molecule has 0 amide bonds. The van der Waals surface area contributed by atoms with Crippen LogP contribution in [0.1, 0.15) is 57.6 Å². The molecule has 1 nitrogen and oxygen atoms in total. The molecule has 0 aromatic heterocycles. The minimum absolute atomic E-state index is 0.624. The monoisotopic (exact) mass is 259 g/mol. The Hall–Kier alpha value is -0.980. The zero-order valence-corrected chi connectivity index (χ0v) is 13.2. The number of hydrogen-bond acceptors (Lipinski definition) is 1. The average Bonchev–Trinajstić information content (AvgIpc) is 2.38. The molecular formula is C18H29N. The summed E-state index contributed by atoms with van der Waals surface area (Å²) in [6.07, 6.45) is 2.70. The van der Waals surface area contributed by atoms with Crippen LogP contribution in [-0.2, 0) is 0 Å². The van der Waals surface area contributed by atoms with Crippen LogP contribution < -0.4 is 4.90 Å². The highest BCUT2D eigenvalue weighted by atomic mass is 15.1. The van der Waals surface area contributed by atoms with Crippen molar-refractivity contribution in [1.29, 1.82) is 0 Å². The molecule has 1 aliphatic heterocycles. The Kier molecular flexibility index (Phi) is 4.54. The van der Waals surface area contributed by atoms with Crippen molar-refractivity contribution in [2.45, 2.75) is 53.4 Å². The van der Waals surface area contributed by atoms with E-state index in [1.165, 1.54) is 42.7 Å². The van der Waals surface area contributed by atoms with Crippen LogP contribution in [0.25, 0.3) is 0 Å². The van der Waals surface area contributed by atoms with Gasteiger partial charge in [-0.15, -0.1) is 0 Å². The first kappa shape index (κ1) is 14.4. The quantitative estimate of drug-likeness (QED) is 0.739. The van der Waals surface area contributed by atoms with Crippen molar-refractivity contribution in [3.63, 3.8) is 0 Å². The van der Waals surface area contributed by atoms with Gasteiger partial charge in [-0.1, -0.05) is 39.8 Å². The fraction of sp³-hybridized carbons (Fsp3) is 0.667. The maximum Gasteiger partial charge on any atom is 0.0396 e. The molecule has 1 heterocycles. The van der Waals surface area contributed by atoms with E-state index in [0.717, 1.165) is 11.8 Å². The van der Waals surface area contributed by atoms with Crippen molar-refractivity contribution < 1.29 is 0 Å². The third kappa shape index (κ3) is 3.32. The summed E-state index contributed by atoms with van der Waals surface area (Å²) in [5.41, 5.74) is 4.35. The van der Waals surface area contributed by atoms with Crippen molar-refractivity contribution >= 4 is 5.69 Å². The minimum atomic E-state index is 0.624. The van der Waals surface area contributed by atoms with Crippen LogP contribution in [0.2, 0.25) is 0 Å². The summed E-state index contributed by atoms with van der Waals surface area (Å²) in [5, 5.41) is 0. The molecule has 1 fully saturated rings. The Bertz CT molecular complexity index is 412. The highest BCUT2D eigenvalue weighted by Gasteiger charge is 2.22. The molecule has 1 aromatic carbocycles. The lowest BCUT2D eigenvalue weighted by atomic mass is 9.86. The Balaban J connectivity index is 2.07. The van der Waals surface area contributed by atoms with Crippen molar-refractivity contribution in [3.8, 4) is 0 Å². The third-order valence-corrected chi connectivity index (χ3v) is 4.71. The third-order valence-electron chi connectivity index (χ3n) is 4.71. The topological polar surface area (TPSA) is 3.24 Å². The van der Waals surface area contributed by atoms with Gasteiger partial charge in [0.15, 0.2) is 0 Å². The predicted molar refractivity (Wildman–Crippen MR) is 85.0 cm³/mol. The van der Waals surface area contributed by atoms with E-state index < -0.39 is 0 Å². The van der Waals surface area contributed by atoms with Crippen LogP contribution in [0.4, 0.5) is 5.69 Å². The molecule has 0 unspecified atom stereocenters. The standard InChI is InChI=1S/C18H29N/c1-13(2)16-8-10-19(11-9-16)18-7-6-17(14(3)4)12-15(18)5/h6-7,12-14,16H,8-11H2,1-5H3. The predicted octanol–water partition coefficient (Wildman–Crippen LogP) is 4.99. The summed E-state index contributed by atoms with van der Waals surface area (Å²) in [7, 11) is 0. The van der Waals surface area contributed by atoms with Crippen LogP contribution in [-0.4, -0.2) is 13.1 Å². The lowest BCUT2D eigenvalue weighted by molar-refractivity contribution is 0.311. The lowest BCUT2D eigenvalue weighted by Gasteiger charge is -2.36. The van der Waals surface area contributed by atoms with E-state index in [1.54, 1.807) is 0 Å². The van der Waals surface area contributed by atoms with E-state index in [9.17, 15) is 0 Å². The second-order valence-electron chi connectivity index (χ2n) is 6.77. The van der Waals surface area contributed by atoms with Gasteiger partial charge < -0.3 is 4.90 Å². The molecule has 0 radical (unpaired) electrons. The Morgan fingerprint density at radius 2 is 1.68 bits per heavy atom. The van der Waals surface area contributed by atoms with Crippen LogP contribution >= 0.6 is 0 Å². The van der Waals surface area contributed by atoms with E-state index in [1.807, 2.05) is 0 Å². The van der Waals surface area contributed by atoms with Crippen molar-refractivity contribution in [2.75, 3.05) is 18.0 Å². The number of piperidine rings is 1. The lowest BCUT2D eigenvalue weighted by Crippen LogP contribution is -2.35. The molecule has 0 aliphatic carbocycles. The summed E-state index contributed by atoms with van der Waals surface area (Å²) in [6.45, 7) is 14.0. The number of hydrogen-bond donors (Lipinski definition) is 0. The Morgan fingerprint density at radius 1 is 1.05 bits per heavy atom. The van der Waals surface area contributed by atoms with Crippen molar-refractivity contribution in [3.05, 3.63) is 29.3 Å². The summed E-state index contributed by atoms with van der Waals surface area (Å²) in [6, 6.07) is 7.01. The van der Waals surface area contributed by atoms with Crippen LogP contribution in [0.3, 0.4) is 0 Å². The van der Waals surface area contributed by atoms with E-state index in [4.69, 9.17) is 0 Å². The molecule has 0 N–H and O–H groups in total. The zero-order valence-electron chi connectivity index (χ0n) is 13.2. The number of benzene rings is 1. The zero-order chi connectivity index (χ0) is 14.0. The molecule has 0 bridgehead atoms. The van der Waals surface area contributed by atoms with Crippen molar-refractivity contribution in [1.82, 2.24) is 0 Å². The van der Waals surface area contributed by atoms with Gasteiger partial charge in [0.1, 0.15) is 0 Å². The molecule has 1 heteroatoms. The SMILES string of the molecule is Cc1cc(C(C)C)ccc1N1CCC(C(C)C)CC1. The molecular weight excluding hydrogens is 230 g/mol. The van der Waals surface area contributed by atoms with Gasteiger partial charge in [-0.25, -0.2) is 0 Å². The highest BCUT2D eigenvalue weighted by Crippen LogP contribution is 2.30. The molecule has 19 heavy (non-hydrogen) atoms. The van der Waals surface area contributed by atoms with Gasteiger partial charge in [0.05, 0.1) is 0 Å². The van der Waals surface area contributed by atoms with E-state index in [2.05, 4.69) is 57.7 Å². The van der Waals surface area contributed by atoms with E-state index in [-0.39, 0.29) is 0 Å². The molecule has 1 aromatic rings. The second kappa shape index (κ2) is 5.98. The van der Waals surface area contributed by atoms with Crippen LogP contribution in [0, 0.1) is 18.8 Å². The van der Waals surface area contributed by atoms with Crippen LogP contribution in [0.5, 0.6) is 0 Å². The Morgan fingerprint density at radius 3 is 2.16 bits per heavy atom. The molecule has 106 valence electrons. The molecule has 0 saturated carbocycles.